The van der Waals surface area contributed by atoms with Crippen LogP contribution in [0.1, 0.15) is 52.2 Å². The highest BCUT2D eigenvalue weighted by atomic mass is 32.1. The van der Waals surface area contributed by atoms with E-state index in [2.05, 4.69) is 35.8 Å². The molecule has 24 heavy (non-hydrogen) atoms. The minimum Gasteiger partial charge on any atom is -0.351 e. The van der Waals surface area contributed by atoms with E-state index in [1.165, 1.54) is 22.5 Å². The Balaban J connectivity index is 1.73. The van der Waals surface area contributed by atoms with Gasteiger partial charge in [-0.2, -0.15) is 0 Å². The van der Waals surface area contributed by atoms with Crippen LogP contribution < -0.4 is 10.6 Å². The van der Waals surface area contributed by atoms with Crippen LogP contribution >= 0.6 is 11.3 Å². The van der Waals surface area contributed by atoms with E-state index in [-0.39, 0.29) is 17.9 Å². The van der Waals surface area contributed by atoms with E-state index in [0.717, 1.165) is 5.56 Å². The third-order valence-corrected chi connectivity index (χ3v) is 4.76. The molecule has 1 unspecified atom stereocenters. The number of hydrogen-bond donors (Lipinski definition) is 2. The Hall–Kier alpha value is -2.14. The Morgan fingerprint density at radius 3 is 2.71 bits per heavy atom. The third kappa shape index (κ3) is 5.20. The van der Waals surface area contributed by atoms with Crippen molar-refractivity contribution in [1.29, 1.82) is 0 Å². The number of thiophene rings is 1. The Morgan fingerprint density at radius 1 is 1.21 bits per heavy atom. The number of benzene rings is 1. The Bertz CT molecular complexity index is 695. The average molecular weight is 344 g/mol. The summed E-state index contributed by atoms with van der Waals surface area (Å²) in [7, 11) is 0. The number of hydrogen-bond acceptors (Lipinski definition) is 3. The van der Waals surface area contributed by atoms with Crippen LogP contribution in [0.2, 0.25) is 0 Å². The van der Waals surface area contributed by atoms with Gasteiger partial charge in [-0.3, -0.25) is 9.59 Å². The highest BCUT2D eigenvalue weighted by Crippen LogP contribution is 2.19. The summed E-state index contributed by atoms with van der Waals surface area (Å²) in [5, 5.41) is 7.74. The first-order valence-electron chi connectivity index (χ1n) is 8.15. The van der Waals surface area contributed by atoms with Gasteiger partial charge < -0.3 is 10.6 Å². The van der Waals surface area contributed by atoms with Crippen LogP contribution in [0.3, 0.4) is 0 Å². The number of nitrogens with one attached hydrogen (secondary N) is 2. The zero-order valence-electron chi connectivity index (χ0n) is 14.4. The number of carbonyl (C=O) groups is 2. The van der Waals surface area contributed by atoms with Gasteiger partial charge in [0.15, 0.2) is 0 Å². The smallest absolute Gasteiger partial charge is 0.261 e. The van der Waals surface area contributed by atoms with Crippen molar-refractivity contribution in [1.82, 2.24) is 10.6 Å². The van der Waals surface area contributed by atoms with Gasteiger partial charge in [0.1, 0.15) is 0 Å². The number of carbonyl (C=O) groups excluding carboxylic acids is 2. The fourth-order valence-electron chi connectivity index (χ4n) is 2.56. The Morgan fingerprint density at radius 2 is 2.00 bits per heavy atom. The van der Waals surface area contributed by atoms with Crippen molar-refractivity contribution in [2.45, 2.75) is 39.7 Å². The second kappa shape index (κ2) is 8.64. The molecule has 0 aliphatic rings. The first-order chi connectivity index (χ1) is 11.5. The van der Waals surface area contributed by atoms with Crippen molar-refractivity contribution in [3.8, 4) is 0 Å². The molecule has 128 valence electrons. The van der Waals surface area contributed by atoms with E-state index in [0.29, 0.717) is 24.3 Å². The van der Waals surface area contributed by atoms with Gasteiger partial charge in [0.25, 0.3) is 5.91 Å². The molecule has 2 N–H and O–H groups in total. The average Bonchev–Trinajstić information content (AvgIpc) is 3.08. The number of amides is 2. The maximum absolute atomic E-state index is 12.1. The largest absolute Gasteiger partial charge is 0.351 e. The molecule has 2 amide bonds. The van der Waals surface area contributed by atoms with Crippen molar-refractivity contribution in [2.24, 2.45) is 0 Å². The molecule has 0 bridgehead atoms. The zero-order valence-corrected chi connectivity index (χ0v) is 15.2. The summed E-state index contributed by atoms with van der Waals surface area (Å²) in [4.78, 5) is 24.6. The summed E-state index contributed by atoms with van der Waals surface area (Å²) >= 11 is 1.41. The highest BCUT2D eigenvalue weighted by Gasteiger charge is 2.12. The molecule has 1 heterocycles. The van der Waals surface area contributed by atoms with E-state index in [4.69, 9.17) is 0 Å². The molecule has 2 rings (SSSR count). The molecule has 0 fully saturated rings. The minimum atomic E-state index is -0.0749. The van der Waals surface area contributed by atoms with E-state index in [1.807, 2.05) is 25.3 Å². The van der Waals surface area contributed by atoms with Crippen LogP contribution in [0.15, 0.2) is 35.7 Å². The first kappa shape index (κ1) is 18.2. The normalized spacial score (nSPS) is 11.8. The van der Waals surface area contributed by atoms with Gasteiger partial charge in [-0.25, -0.2) is 0 Å². The standard InChI is InChI=1S/C19H24N2O2S/c1-13-8-9-14(2)16(12-13)15(3)21-18(22)7-4-10-20-19(23)17-6-5-11-24-17/h5-6,8-9,11-12,15H,4,7,10H2,1-3H3,(H,20,23)(H,21,22). The van der Waals surface area contributed by atoms with Gasteiger partial charge in [0.2, 0.25) is 5.91 Å². The van der Waals surface area contributed by atoms with E-state index < -0.39 is 0 Å². The SMILES string of the molecule is Cc1ccc(C)c(C(C)NC(=O)CCCNC(=O)c2cccs2)c1. The zero-order chi connectivity index (χ0) is 17.5. The predicted molar refractivity (Wildman–Crippen MR) is 98.4 cm³/mol. The van der Waals surface area contributed by atoms with Gasteiger partial charge in [0, 0.05) is 13.0 Å². The van der Waals surface area contributed by atoms with Crippen LogP contribution in [0.25, 0.3) is 0 Å². The second-order valence-corrected chi connectivity index (χ2v) is 6.93. The van der Waals surface area contributed by atoms with Crippen LogP contribution in [0.5, 0.6) is 0 Å². The molecule has 2 aromatic rings. The maximum Gasteiger partial charge on any atom is 0.261 e. The van der Waals surface area contributed by atoms with Gasteiger partial charge >= 0.3 is 0 Å². The fraction of sp³-hybridized carbons (Fsp3) is 0.368. The first-order valence-corrected chi connectivity index (χ1v) is 9.03. The second-order valence-electron chi connectivity index (χ2n) is 5.99. The molecule has 5 heteroatoms. The van der Waals surface area contributed by atoms with Crippen LogP contribution in [-0.4, -0.2) is 18.4 Å². The van der Waals surface area contributed by atoms with Crippen molar-refractivity contribution in [2.75, 3.05) is 6.54 Å². The molecule has 0 aliphatic carbocycles. The summed E-state index contributed by atoms with van der Waals surface area (Å²) in [5.74, 6) is -0.0667. The minimum absolute atomic E-state index is 0.00813. The lowest BCUT2D eigenvalue weighted by molar-refractivity contribution is -0.121. The van der Waals surface area contributed by atoms with Crippen molar-refractivity contribution in [3.05, 3.63) is 57.3 Å². The molecule has 1 aromatic heterocycles. The molecule has 0 saturated heterocycles. The molecule has 4 nitrogen and oxygen atoms in total. The third-order valence-electron chi connectivity index (χ3n) is 3.89. The van der Waals surface area contributed by atoms with E-state index in [9.17, 15) is 9.59 Å². The molecule has 0 saturated carbocycles. The van der Waals surface area contributed by atoms with Gasteiger partial charge in [-0.15, -0.1) is 11.3 Å². The lowest BCUT2D eigenvalue weighted by Gasteiger charge is -2.17. The van der Waals surface area contributed by atoms with Crippen molar-refractivity contribution >= 4 is 23.2 Å². The van der Waals surface area contributed by atoms with Crippen molar-refractivity contribution in [3.63, 3.8) is 0 Å². The quantitative estimate of drug-likeness (QED) is 0.752. The van der Waals surface area contributed by atoms with Crippen molar-refractivity contribution < 1.29 is 9.59 Å². The lowest BCUT2D eigenvalue weighted by Crippen LogP contribution is -2.29. The van der Waals surface area contributed by atoms with Crippen LogP contribution in [0.4, 0.5) is 0 Å². The van der Waals surface area contributed by atoms with Gasteiger partial charge in [-0.05, 0) is 49.8 Å². The molecule has 0 radical (unpaired) electrons. The lowest BCUT2D eigenvalue weighted by atomic mass is 10.00. The molecule has 0 spiro atoms. The van der Waals surface area contributed by atoms with Gasteiger partial charge in [-0.1, -0.05) is 29.8 Å². The fourth-order valence-corrected chi connectivity index (χ4v) is 3.20. The highest BCUT2D eigenvalue weighted by molar-refractivity contribution is 7.12. The number of aryl methyl sites for hydroxylation is 2. The summed E-state index contributed by atoms with van der Waals surface area (Å²) < 4.78 is 0. The molecule has 0 aliphatic heterocycles. The molecular formula is C19H24N2O2S. The maximum atomic E-state index is 12.1. The predicted octanol–water partition coefficient (Wildman–Crippen LogP) is 3.75. The summed E-state index contributed by atoms with van der Waals surface area (Å²) in [6.07, 6.45) is 1.03. The summed E-state index contributed by atoms with van der Waals surface area (Å²) in [5.41, 5.74) is 3.51. The van der Waals surface area contributed by atoms with E-state index in [1.54, 1.807) is 6.07 Å². The Kier molecular flexibility index (Phi) is 6.55. The van der Waals surface area contributed by atoms with Gasteiger partial charge in [0.05, 0.1) is 10.9 Å². The number of rotatable bonds is 7. The molecule has 1 atom stereocenters. The van der Waals surface area contributed by atoms with Crippen LogP contribution in [-0.2, 0) is 4.79 Å². The topological polar surface area (TPSA) is 58.2 Å². The molecular weight excluding hydrogens is 320 g/mol. The van der Waals surface area contributed by atoms with Crippen LogP contribution in [0, 0.1) is 13.8 Å². The van der Waals surface area contributed by atoms with E-state index >= 15 is 0 Å². The monoisotopic (exact) mass is 344 g/mol. The Labute approximate surface area is 147 Å². The molecule has 1 aromatic carbocycles. The summed E-state index contributed by atoms with van der Waals surface area (Å²) in [6.45, 7) is 6.60. The summed E-state index contributed by atoms with van der Waals surface area (Å²) in [6, 6.07) is 9.89.